The third-order valence-corrected chi connectivity index (χ3v) is 3.95. The van der Waals surface area contributed by atoms with E-state index in [1.54, 1.807) is 11.3 Å². The molecule has 3 heteroatoms. The Kier molecular flexibility index (Phi) is 3.29. The number of rotatable bonds is 6. The summed E-state index contributed by atoms with van der Waals surface area (Å²) in [5.74, 6) is 0. The number of nitrogens with zero attached hydrogens (tertiary/aromatic N) is 1. The number of hydrogen-bond acceptors (Lipinski definition) is 2. The van der Waals surface area contributed by atoms with E-state index in [1.807, 2.05) is 0 Å². The van der Waals surface area contributed by atoms with Gasteiger partial charge in [0.2, 0.25) is 0 Å². The zero-order chi connectivity index (χ0) is 11.5. The molecule has 0 unspecified atom stereocenters. The van der Waals surface area contributed by atoms with Crippen molar-refractivity contribution in [3.8, 4) is 0 Å². The second kappa shape index (κ2) is 5.07. The third-order valence-electron chi connectivity index (χ3n) is 3.22. The molecule has 3 rings (SSSR count). The molecule has 0 atom stereocenters. The first-order valence-electron chi connectivity index (χ1n) is 6.29. The van der Waals surface area contributed by atoms with Crippen molar-refractivity contribution in [2.24, 2.45) is 0 Å². The van der Waals surface area contributed by atoms with Gasteiger partial charge >= 0.3 is 0 Å². The molecular formula is C14H18N2S. The standard InChI is InChI=1S/C14H18N2S/c1-2-14(1)15-9-13-4-7-16(10-13)6-3-12-5-8-17-11-12/h4-5,7-8,10-11,14-15H,1-3,6,9H2. The van der Waals surface area contributed by atoms with Gasteiger partial charge in [-0.25, -0.2) is 0 Å². The van der Waals surface area contributed by atoms with Gasteiger partial charge in [-0.05, 0) is 53.3 Å². The van der Waals surface area contributed by atoms with Crippen LogP contribution in [0.1, 0.15) is 24.0 Å². The van der Waals surface area contributed by atoms with E-state index in [9.17, 15) is 0 Å². The Bertz CT molecular complexity index is 454. The van der Waals surface area contributed by atoms with Gasteiger partial charge in [0.05, 0.1) is 0 Å². The molecule has 1 aliphatic rings. The monoisotopic (exact) mass is 246 g/mol. The van der Waals surface area contributed by atoms with Crippen LogP contribution in [0.2, 0.25) is 0 Å². The number of aromatic nitrogens is 1. The molecule has 2 heterocycles. The van der Waals surface area contributed by atoms with Gasteiger partial charge in [0.15, 0.2) is 0 Å². The smallest absolute Gasteiger partial charge is 0.0260 e. The topological polar surface area (TPSA) is 17.0 Å². The maximum absolute atomic E-state index is 3.54. The van der Waals surface area contributed by atoms with Crippen molar-refractivity contribution >= 4 is 11.3 Å². The third kappa shape index (κ3) is 3.20. The summed E-state index contributed by atoms with van der Waals surface area (Å²) in [6.45, 7) is 2.11. The molecule has 2 aromatic heterocycles. The fraction of sp³-hybridized carbons (Fsp3) is 0.429. The second-order valence-corrected chi connectivity index (χ2v) is 5.57. The molecule has 0 spiro atoms. The van der Waals surface area contributed by atoms with Gasteiger partial charge in [-0.15, -0.1) is 0 Å². The molecule has 90 valence electrons. The lowest BCUT2D eigenvalue weighted by molar-refractivity contribution is 0.674. The van der Waals surface area contributed by atoms with Gasteiger partial charge in [0.25, 0.3) is 0 Å². The summed E-state index contributed by atoms with van der Waals surface area (Å²) in [6.07, 6.45) is 8.31. The minimum atomic E-state index is 0.796. The molecule has 1 saturated carbocycles. The van der Waals surface area contributed by atoms with E-state index in [0.29, 0.717) is 0 Å². The van der Waals surface area contributed by atoms with E-state index >= 15 is 0 Å². The summed E-state index contributed by atoms with van der Waals surface area (Å²) in [7, 11) is 0. The van der Waals surface area contributed by atoms with Crippen LogP contribution in [0.3, 0.4) is 0 Å². The van der Waals surface area contributed by atoms with Crippen LogP contribution in [0.4, 0.5) is 0 Å². The quantitative estimate of drug-likeness (QED) is 0.829. The Morgan fingerprint density at radius 1 is 1.29 bits per heavy atom. The van der Waals surface area contributed by atoms with Gasteiger partial charge in [0, 0.05) is 31.5 Å². The lowest BCUT2D eigenvalue weighted by atomic mass is 10.2. The lowest BCUT2D eigenvalue weighted by Crippen LogP contribution is -2.14. The summed E-state index contributed by atoms with van der Waals surface area (Å²) in [5.41, 5.74) is 2.85. The van der Waals surface area contributed by atoms with Crippen molar-refractivity contribution in [3.05, 3.63) is 46.4 Å². The van der Waals surface area contributed by atoms with Crippen LogP contribution in [0.15, 0.2) is 35.3 Å². The summed E-state index contributed by atoms with van der Waals surface area (Å²) in [6, 6.07) is 5.23. The van der Waals surface area contributed by atoms with Crippen LogP contribution in [0, 0.1) is 0 Å². The summed E-state index contributed by atoms with van der Waals surface area (Å²) < 4.78 is 2.29. The van der Waals surface area contributed by atoms with Crippen molar-refractivity contribution in [3.63, 3.8) is 0 Å². The van der Waals surface area contributed by atoms with Crippen LogP contribution in [0.5, 0.6) is 0 Å². The van der Waals surface area contributed by atoms with Crippen molar-refractivity contribution < 1.29 is 0 Å². The number of hydrogen-bond donors (Lipinski definition) is 1. The van der Waals surface area contributed by atoms with Crippen LogP contribution in [-0.4, -0.2) is 10.6 Å². The molecule has 2 nitrogen and oxygen atoms in total. The van der Waals surface area contributed by atoms with Gasteiger partial charge in [-0.2, -0.15) is 11.3 Å². The zero-order valence-corrected chi connectivity index (χ0v) is 10.7. The Balaban J connectivity index is 1.49. The van der Waals surface area contributed by atoms with Crippen LogP contribution < -0.4 is 5.32 Å². The molecule has 1 aliphatic carbocycles. The van der Waals surface area contributed by atoms with Gasteiger partial charge in [-0.1, -0.05) is 0 Å². The van der Waals surface area contributed by atoms with Gasteiger partial charge in [-0.3, -0.25) is 0 Å². The SMILES string of the molecule is c1cc(CCn2ccc(CNC3CC3)c2)cs1. The molecule has 0 amide bonds. The van der Waals surface area contributed by atoms with Crippen molar-refractivity contribution in [2.75, 3.05) is 0 Å². The first kappa shape index (κ1) is 11.1. The lowest BCUT2D eigenvalue weighted by Gasteiger charge is -2.01. The largest absolute Gasteiger partial charge is 0.354 e. The maximum atomic E-state index is 3.54. The van der Waals surface area contributed by atoms with Gasteiger partial charge < -0.3 is 9.88 Å². The van der Waals surface area contributed by atoms with Crippen molar-refractivity contribution in [1.82, 2.24) is 9.88 Å². The Labute approximate surface area is 106 Å². The normalized spacial score (nSPS) is 15.3. The van der Waals surface area contributed by atoms with Crippen molar-refractivity contribution in [1.29, 1.82) is 0 Å². The highest BCUT2D eigenvalue weighted by atomic mass is 32.1. The molecule has 1 N–H and O–H groups in total. The maximum Gasteiger partial charge on any atom is 0.0260 e. The highest BCUT2D eigenvalue weighted by Crippen LogP contribution is 2.19. The fourth-order valence-corrected chi connectivity index (χ4v) is 2.68. The first-order chi connectivity index (χ1) is 8.40. The van der Waals surface area contributed by atoms with E-state index < -0.39 is 0 Å². The predicted octanol–water partition coefficient (Wildman–Crippen LogP) is 3.04. The van der Waals surface area contributed by atoms with Crippen LogP contribution in [0.25, 0.3) is 0 Å². The molecule has 0 saturated heterocycles. The van der Waals surface area contributed by atoms with E-state index in [0.717, 1.165) is 25.6 Å². The summed E-state index contributed by atoms with van der Waals surface area (Å²) in [5, 5.41) is 7.93. The Morgan fingerprint density at radius 3 is 3.00 bits per heavy atom. The Morgan fingerprint density at radius 2 is 2.24 bits per heavy atom. The van der Waals surface area contributed by atoms with Crippen LogP contribution in [-0.2, 0) is 19.5 Å². The molecule has 2 aromatic rings. The molecule has 17 heavy (non-hydrogen) atoms. The molecule has 0 aliphatic heterocycles. The number of thiophene rings is 1. The molecule has 0 radical (unpaired) electrons. The van der Waals surface area contributed by atoms with Crippen molar-refractivity contribution in [2.45, 2.75) is 38.4 Å². The van der Waals surface area contributed by atoms with Crippen LogP contribution >= 0.6 is 11.3 Å². The number of aryl methyl sites for hydroxylation is 2. The average Bonchev–Trinajstić information content (AvgIpc) is 2.86. The molecule has 0 bridgehead atoms. The zero-order valence-electron chi connectivity index (χ0n) is 9.93. The van der Waals surface area contributed by atoms with E-state index in [2.05, 4.69) is 45.2 Å². The predicted molar refractivity (Wildman–Crippen MR) is 72.3 cm³/mol. The van der Waals surface area contributed by atoms with Gasteiger partial charge in [0.1, 0.15) is 0 Å². The highest BCUT2D eigenvalue weighted by Gasteiger charge is 2.19. The minimum Gasteiger partial charge on any atom is -0.354 e. The van der Waals surface area contributed by atoms with E-state index in [-0.39, 0.29) is 0 Å². The molecule has 0 aromatic carbocycles. The first-order valence-corrected chi connectivity index (χ1v) is 7.23. The second-order valence-electron chi connectivity index (χ2n) is 4.79. The molecular weight excluding hydrogens is 228 g/mol. The molecule has 1 fully saturated rings. The summed E-state index contributed by atoms with van der Waals surface area (Å²) in [4.78, 5) is 0. The van der Waals surface area contributed by atoms with E-state index in [1.165, 1.54) is 24.0 Å². The average molecular weight is 246 g/mol. The van der Waals surface area contributed by atoms with E-state index in [4.69, 9.17) is 0 Å². The fourth-order valence-electron chi connectivity index (χ4n) is 1.98. The Hall–Kier alpha value is -1.06. The highest BCUT2D eigenvalue weighted by molar-refractivity contribution is 7.07. The summed E-state index contributed by atoms with van der Waals surface area (Å²) >= 11 is 1.78. The number of nitrogens with one attached hydrogen (secondary N) is 1. The minimum absolute atomic E-state index is 0.796.